The van der Waals surface area contributed by atoms with Crippen LogP contribution in [0.15, 0.2) is 0 Å². The molecule has 4 heavy (non-hydrogen) atoms. The van der Waals surface area contributed by atoms with E-state index in [-0.39, 0.29) is 12.3 Å². The molecule has 0 amide bonds. The Morgan fingerprint density at radius 2 is 1.25 bits per heavy atom. The molecular weight excluding hydrogens is 68.0 g/mol. The number of halogens is 2. The summed E-state index contributed by atoms with van der Waals surface area (Å²) in [6.45, 7) is 0. The third-order valence-corrected chi connectivity index (χ3v) is 0. The Kier molecular flexibility index (Phi) is 2180. The minimum Gasteiger partial charge on any atom is -1.00 e. The number of nitrogens with two attached hydrogens (primary N) is 1. The Bertz CT molecular complexity index is 11.5. The topological polar surface area (TPSA) is 46.2 Å². The molecule has 0 saturated carbocycles. The first-order chi connectivity index (χ1) is 1.00. The summed E-state index contributed by atoms with van der Waals surface area (Å²) in [7, 11) is 0. The predicted octanol–water partition coefficient (Wildman–Crippen LogP) is -6.43. The summed E-state index contributed by atoms with van der Waals surface area (Å²) in [6, 6.07) is 0. The van der Waals surface area contributed by atoms with Crippen molar-refractivity contribution in [1.29, 1.82) is 0 Å². The smallest absolute Gasteiger partial charge is 1.00 e. The maximum absolute atomic E-state index is 6.50. The Morgan fingerprint density at radius 1 is 1.25 bits per heavy atom. The molecule has 0 atom stereocenters. The Labute approximate surface area is 24.9 Å². The largest absolute Gasteiger partial charge is 1.00 e. The van der Waals surface area contributed by atoms with E-state index in [0.717, 1.165) is 0 Å². The molecule has 0 aliphatic rings. The fourth-order valence-electron chi connectivity index (χ4n) is 0. The third-order valence-electron chi connectivity index (χ3n) is 0. The van der Waals surface area contributed by atoms with Crippen molar-refractivity contribution in [1.82, 2.24) is 0 Å². The second-order valence-electron chi connectivity index (χ2n) is 0. The lowest BCUT2D eigenvalue weighted by Crippen LogP contribution is -3.00. The summed E-state index contributed by atoms with van der Waals surface area (Å²) in [5.74, 6) is 3.50. The van der Waals surface area contributed by atoms with Crippen molar-refractivity contribution in [3.05, 3.63) is 0 Å². The van der Waals surface area contributed by atoms with Gasteiger partial charge >= 0.3 is 2.85 Å². The zero-order valence-electron chi connectivity index (χ0n) is 3.78. The van der Waals surface area contributed by atoms with Gasteiger partial charge in [0, 0.05) is 0 Å². The van der Waals surface area contributed by atoms with E-state index in [1.54, 1.807) is 0 Å². The van der Waals surface area contributed by atoms with E-state index in [4.69, 9.17) is 5.21 Å². The Hall–Kier alpha value is -0.220. The van der Waals surface area contributed by atoms with Crippen LogP contribution in [0.1, 0.15) is 2.85 Å². The van der Waals surface area contributed by atoms with Gasteiger partial charge in [0.25, 0.3) is 0 Å². The normalized spacial score (nSPS) is 1.50. The second kappa shape index (κ2) is 182. The summed E-state index contributed by atoms with van der Waals surface area (Å²) >= 11 is 0. The zero-order chi connectivity index (χ0) is 2.00. The predicted molar refractivity (Wildman–Crippen MR) is 8.20 cm³/mol. The van der Waals surface area contributed by atoms with Crippen molar-refractivity contribution in [2.24, 2.45) is 5.90 Å². The van der Waals surface area contributed by atoms with Crippen molar-refractivity contribution in [2.75, 3.05) is 0 Å². The highest BCUT2D eigenvalue weighted by atomic mass is 19.0. The van der Waals surface area contributed by atoms with Gasteiger partial charge in [0.05, 0.1) is 0 Å². The average molecular weight is 73.0 g/mol. The fourth-order valence-corrected chi connectivity index (χ4v) is 0. The molecule has 0 aromatic rings. The van der Waals surface area contributed by atoms with Crippen LogP contribution in [0.3, 0.4) is 0 Å². The van der Waals surface area contributed by atoms with Crippen molar-refractivity contribution < 1.29 is 17.5 Å². The van der Waals surface area contributed by atoms with E-state index >= 15 is 0 Å². The van der Waals surface area contributed by atoms with E-state index in [2.05, 4.69) is 5.90 Å². The first-order valence-corrected chi connectivity index (χ1v) is 0.258. The molecule has 0 bridgehead atoms. The monoisotopic (exact) mass is 73.0 g/mol. The van der Waals surface area contributed by atoms with Gasteiger partial charge in [-0.05, 0) is 0 Å². The highest BCUT2D eigenvalue weighted by Gasteiger charge is 0.732. The van der Waals surface area contributed by atoms with Crippen molar-refractivity contribution in [3.63, 3.8) is 0 Å². The lowest BCUT2D eigenvalue weighted by atomic mass is 13.6. The van der Waals surface area contributed by atoms with Gasteiger partial charge in [-0.1, -0.05) is 0 Å². The van der Waals surface area contributed by atoms with Crippen LogP contribution >= 0.6 is 0 Å². The molecule has 0 aromatic carbocycles. The molecule has 0 aromatic heterocycles. The molecule has 0 radical (unpaired) electrons. The molecule has 0 spiro atoms. The number of hydrogen-bond acceptors (Lipinski definition) is 2. The first-order valence-electron chi connectivity index (χ1n) is 0.258. The van der Waals surface area contributed by atoms with Crippen LogP contribution in [0, 0.1) is 0 Å². The van der Waals surface area contributed by atoms with Crippen LogP contribution in [0.5, 0.6) is 0 Å². The summed E-state index contributed by atoms with van der Waals surface area (Å²) in [5.41, 5.74) is 0. The molecule has 0 aliphatic carbocycles. The minimum atomic E-state index is 0. The van der Waals surface area contributed by atoms with Gasteiger partial charge in [0.2, 0.25) is 0 Å². The highest BCUT2D eigenvalue weighted by Crippen LogP contribution is 0.410. The van der Waals surface area contributed by atoms with Gasteiger partial charge in [-0.15, -0.1) is 0 Å². The molecule has 0 unspecified atom stereocenters. The molecule has 0 fully saturated rings. The molecule has 30 valence electrons. The maximum atomic E-state index is 6.50. The van der Waals surface area contributed by atoms with Crippen LogP contribution in [-0.4, -0.2) is 5.21 Å². The van der Waals surface area contributed by atoms with Crippen LogP contribution in [0.4, 0.5) is 0 Å². The molecule has 0 saturated heterocycles. The second-order valence-corrected chi connectivity index (χ2v) is 0. The molecule has 3 N–H and O–H groups in total. The standard InChI is InChI=1S/2FH.H3NO/c;;1-2/h2*1H;2H,1H2. The summed E-state index contributed by atoms with van der Waals surface area (Å²) in [5, 5.41) is 6.50. The van der Waals surface area contributed by atoms with E-state index < -0.39 is 0 Å². The summed E-state index contributed by atoms with van der Waals surface area (Å²) in [4.78, 5) is 0. The lowest BCUT2D eigenvalue weighted by Gasteiger charge is -1.27. The quantitative estimate of drug-likeness (QED) is 0.280. The summed E-state index contributed by atoms with van der Waals surface area (Å²) in [6.07, 6.45) is 0. The van der Waals surface area contributed by atoms with Crippen molar-refractivity contribution in [3.8, 4) is 0 Å². The lowest BCUT2D eigenvalue weighted by molar-refractivity contribution is -0.00100. The molecule has 2 nitrogen and oxygen atoms in total. The molecule has 0 heterocycles. The first kappa shape index (κ1) is 48.0. The average Bonchev–Trinajstić information content (AvgIpc) is 1.00. The molecule has 0 aliphatic heterocycles. The van der Waals surface area contributed by atoms with Gasteiger partial charge in [-0.25, -0.2) is 5.90 Å². The highest BCUT2D eigenvalue weighted by molar-refractivity contribution is 2.77. The molecular formula is H5F2NO. The van der Waals surface area contributed by atoms with Crippen LogP contribution in [-0.2, 0) is 0 Å². The van der Waals surface area contributed by atoms with Crippen molar-refractivity contribution >= 4 is 0 Å². The number of rotatable bonds is 0. The number of hydrogen-bond donors (Lipinski definition) is 2. The van der Waals surface area contributed by atoms with Gasteiger partial charge in [0.1, 0.15) is 0 Å². The van der Waals surface area contributed by atoms with Gasteiger partial charge in [-0.2, -0.15) is 0 Å². The third kappa shape index (κ3) is 22.4. The fraction of sp³-hybridized carbons (Fsp3) is 0. The van der Waals surface area contributed by atoms with Crippen LogP contribution in [0.2, 0.25) is 0 Å². The van der Waals surface area contributed by atoms with Gasteiger partial charge < -0.3 is 14.6 Å². The summed E-state index contributed by atoms with van der Waals surface area (Å²) < 4.78 is 0. The van der Waals surface area contributed by atoms with E-state index in [1.165, 1.54) is 0 Å². The van der Waals surface area contributed by atoms with E-state index in [9.17, 15) is 0 Å². The van der Waals surface area contributed by atoms with Crippen molar-refractivity contribution in [2.45, 2.75) is 0 Å². The van der Waals surface area contributed by atoms with E-state index in [1.807, 2.05) is 0 Å². The molecule has 0 rings (SSSR count). The maximum Gasteiger partial charge on any atom is 1.00 e. The Morgan fingerprint density at radius 3 is 1.25 bits per heavy atom. The van der Waals surface area contributed by atoms with Gasteiger partial charge in [-0.3, -0.25) is 0 Å². The minimum absolute atomic E-state index is 0. The van der Waals surface area contributed by atoms with Crippen LogP contribution in [0.25, 0.3) is 0 Å². The zero-order valence-corrected chi connectivity index (χ0v) is 1.78. The Balaban J connectivity index is -0.000000000833. The van der Waals surface area contributed by atoms with E-state index in [0.29, 0.717) is 0 Å². The van der Waals surface area contributed by atoms with Crippen LogP contribution < -0.4 is 15.3 Å². The SMILES string of the molecule is NO.[F-].[F-].[H+].[H+]. The molecule has 4 heteroatoms. The van der Waals surface area contributed by atoms with Gasteiger partial charge in [0.15, 0.2) is 0 Å².